The van der Waals surface area contributed by atoms with Crippen LogP contribution >= 0.6 is 0 Å². The smallest absolute Gasteiger partial charge is 0.200 e. The van der Waals surface area contributed by atoms with Gasteiger partial charge in [-0.1, -0.05) is 54.2 Å². The van der Waals surface area contributed by atoms with Crippen LogP contribution in [0.2, 0.25) is 0 Å². The van der Waals surface area contributed by atoms with Crippen LogP contribution in [0.4, 0.5) is 0 Å². The fourth-order valence-corrected chi connectivity index (χ4v) is 3.36. The molecule has 114 valence electrons. The van der Waals surface area contributed by atoms with Gasteiger partial charge in [-0.2, -0.15) is 13.5 Å². The molecule has 22 heavy (non-hydrogen) atoms. The van der Waals surface area contributed by atoms with Gasteiger partial charge in [-0.15, -0.1) is 0 Å². The average Bonchev–Trinajstić information content (AvgIpc) is 2.46. The number of hydrogen-bond donors (Lipinski definition) is 1. The number of hydrogen-bond acceptors (Lipinski definition) is 3. The van der Waals surface area contributed by atoms with Crippen molar-refractivity contribution in [3.05, 3.63) is 66.3 Å². The molecular weight excluding hydrogens is 296 g/mol. The third-order valence-corrected chi connectivity index (χ3v) is 5.05. The van der Waals surface area contributed by atoms with E-state index < -0.39 is 10.0 Å². The molecule has 4 nitrogen and oxygen atoms in total. The van der Waals surface area contributed by atoms with Gasteiger partial charge in [-0.25, -0.2) is 4.83 Å². The molecule has 0 saturated heterocycles. The summed E-state index contributed by atoms with van der Waals surface area (Å²) in [5, 5.41) is 4.18. The molecule has 0 fully saturated rings. The highest BCUT2D eigenvalue weighted by Crippen LogP contribution is 2.24. The van der Waals surface area contributed by atoms with Gasteiger partial charge in [0, 0.05) is 11.8 Å². The van der Waals surface area contributed by atoms with Crippen LogP contribution in [0.1, 0.15) is 12.0 Å². The molecule has 2 atom stereocenters. The fraction of sp³-hybridized carbons (Fsp3) is 0.235. The van der Waals surface area contributed by atoms with E-state index in [1.807, 2.05) is 25.2 Å². The average molecular weight is 314 g/mol. The Morgan fingerprint density at radius 2 is 1.77 bits per heavy atom. The SMILES string of the molecule is Cc1ccc(S(=O)(=O)N/N=C2\CC3C=CC2/C=C\C=C/3)cc1. The van der Waals surface area contributed by atoms with Crippen LogP contribution in [-0.4, -0.2) is 14.1 Å². The molecule has 5 heteroatoms. The van der Waals surface area contributed by atoms with Crippen molar-refractivity contribution in [3.63, 3.8) is 0 Å². The molecule has 1 aromatic rings. The van der Waals surface area contributed by atoms with Gasteiger partial charge in [0.25, 0.3) is 10.0 Å². The molecule has 2 bridgehead atoms. The number of allylic oxidation sites excluding steroid dienone is 6. The van der Waals surface area contributed by atoms with Crippen LogP contribution in [-0.2, 0) is 10.0 Å². The lowest BCUT2D eigenvalue weighted by Crippen LogP contribution is -2.25. The van der Waals surface area contributed by atoms with E-state index in [0.717, 1.165) is 17.7 Å². The van der Waals surface area contributed by atoms with Crippen molar-refractivity contribution in [2.45, 2.75) is 18.2 Å². The molecule has 0 radical (unpaired) electrons. The van der Waals surface area contributed by atoms with Gasteiger partial charge in [-0.3, -0.25) is 0 Å². The molecule has 1 N–H and O–H groups in total. The van der Waals surface area contributed by atoms with Crippen LogP contribution in [0.3, 0.4) is 0 Å². The Kier molecular flexibility index (Phi) is 3.98. The predicted molar refractivity (Wildman–Crippen MR) is 88.0 cm³/mol. The molecule has 3 aliphatic rings. The van der Waals surface area contributed by atoms with E-state index in [1.54, 1.807) is 24.3 Å². The van der Waals surface area contributed by atoms with Gasteiger partial charge in [0.05, 0.1) is 10.6 Å². The number of aryl methyl sites for hydroxylation is 1. The Morgan fingerprint density at radius 3 is 2.55 bits per heavy atom. The highest BCUT2D eigenvalue weighted by Gasteiger charge is 2.21. The number of rotatable bonds is 3. The summed E-state index contributed by atoms with van der Waals surface area (Å²) in [5.41, 5.74) is 1.86. The van der Waals surface area contributed by atoms with Crippen molar-refractivity contribution in [1.29, 1.82) is 0 Å². The molecular formula is C17H18N2O2S. The minimum atomic E-state index is -3.62. The lowest BCUT2D eigenvalue weighted by Gasteiger charge is -2.22. The summed E-state index contributed by atoms with van der Waals surface area (Å²) in [6, 6.07) is 6.72. The van der Waals surface area contributed by atoms with Gasteiger partial charge >= 0.3 is 0 Å². The Labute approximate surface area is 131 Å². The monoisotopic (exact) mass is 314 g/mol. The Morgan fingerprint density at radius 1 is 1.05 bits per heavy atom. The van der Waals surface area contributed by atoms with Gasteiger partial charge in [0.2, 0.25) is 0 Å². The topological polar surface area (TPSA) is 58.5 Å². The predicted octanol–water partition coefficient (Wildman–Crippen LogP) is 2.95. The highest BCUT2D eigenvalue weighted by atomic mass is 32.2. The zero-order chi connectivity index (χ0) is 15.6. The molecule has 4 rings (SSSR count). The zero-order valence-corrected chi connectivity index (χ0v) is 13.1. The summed E-state index contributed by atoms with van der Waals surface area (Å²) in [6.45, 7) is 1.92. The molecule has 0 spiro atoms. The lowest BCUT2D eigenvalue weighted by atomic mass is 9.84. The Balaban J connectivity index is 1.82. The van der Waals surface area contributed by atoms with Gasteiger partial charge in [-0.05, 0) is 25.5 Å². The van der Waals surface area contributed by atoms with Crippen molar-refractivity contribution in [2.75, 3.05) is 0 Å². The molecule has 0 aromatic heterocycles. The summed E-state index contributed by atoms with van der Waals surface area (Å²) >= 11 is 0. The molecule has 1 aromatic carbocycles. The Hall–Kier alpha value is -2.14. The van der Waals surface area contributed by atoms with E-state index in [9.17, 15) is 8.42 Å². The second-order valence-electron chi connectivity index (χ2n) is 5.56. The van der Waals surface area contributed by atoms with Gasteiger partial charge in [0.1, 0.15) is 0 Å². The first-order chi connectivity index (χ1) is 10.5. The number of sulfonamides is 1. The number of fused-ring (bicyclic) bond motifs is 2. The summed E-state index contributed by atoms with van der Waals surface area (Å²) in [5.74, 6) is 0.339. The van der Waals surface area contributed by atoms with E-state index >= 15 is 0 Å². The van der Waals surface area contributed by atoms with Crippen LogP contribution in [0, 0.1) is 18.8 Å². The number of nitrogens with one attached hydrogen (secondary N) is 1. The summed E-state index contributed by atoms with van der Waals surface area (Å²) in [6.07, 6.45) is 13.0. The number of hydrazone groups is 1. The second kappa shape index (κ2) is 5.93. The number of benzene rings is 1. The minimum absolute atomic E-state index is 0.0573. The van der Waals surface area contributed by atoms with E-state index in [0.29, 0.717) is 0 Å². The van der Waals surface area contributed by atoms with Crippen molar-refractivity contribution < 1.29 is 8.42 Å². The maximum absolute atomic E-state index is 12.3. The molecule has 0 saturated carbocycles. The third-order valence-electron chi connectivity index (χ3n) is 3.82. The first-order valence-corrected chi connectivity index (χ1v) is 8.71. The molecule has 0 heterocycles. The largest absolute Gasteiger partial charge is 0.276 e. The Bertz CT molecular complexity index is 771. The van der Waals surface area contributed by atoms with Crippen LogP contribution in [0.25, 0.3) is 0 Å². The van der Waals surface area contributed by atoms with Crippen LogP contribution in [0.5, 0.6) is 0 Å². The molecule has 0 amide bonds. The van der Waals surface area contributed by atoms with E-state index in [-0.39, 0.29) is 16.7 Å². The third kappa shape index (κ3) is 3.20. The lowest BCUT2D eigenvalue weighted by molar-refractivity contribution is 0.583. The van der Waals surface area contributed by atoms with Crippen molar-refractivity contribution in [1.82, 2.24) is 4.83 Å². The summed E-state index contributed by atoms with van der Waals surface area (Å²) in [4.78, 5) is 2.59. The fourth-order valence-electron chi connectivity index (χ4n) is 2.53. The maximum Gasteiger partial charge on any atom is 0.276 e. The standard InChI is InChI=1S/C17H18N2O2S/c1-13-6-10-16(11-7-13)22(20,21)19-18-17-12-14-4-2-3-5-15(17)9-8-14/h2-11,14-15,19H,12H2,1H3/b4-2-,5-3-,18-17+. The van der Waals surface area contributed by atoms with Gasteiger partial charge < -0.3 is 0 Å². The molecule has 3 aliphatic carbocycles. The first kappa shape index (κ1) is 14.8. The highest BCUT2D eigenvalue weighted by molar-refractivity contribution is 7.89. The molecule has 2 unspecified atom stereocenters. The quantitative estimate of drug-likeness (QED) is 0.689. The van der Waals surface area contributed by atoms with E-state index in [1.165, 1.54) is 0 Å². The normalized spacial score (nSPS) is 28.1. The summed E-state index contributed by atoms with van der Waals surface area (Å²) in [7, 11) is -3.62. The number of nitrogens with zero attached hydrogens (tertiary/aromatic N) is 1. The maximum atomic E-state index is 12.3. The van der Waals surface area contributed by atoms with E-state index in [4.69, 9.17) is 0 Å². The first-order valence-electron chi connectivity index (χ1n) is 7.23. The van der Waals surface area contributed by atoms with Crippen LogP contribution < -0.4 is 4.83 Å². The van der Waals surface area contributed by atoms with Crippen molar-refractivity contribution >= 4 is 15.7 Å². The molecule has 0 aliphatic heterocycles. The minimum Gasteiger partial charge on any atom is -0.200 e. The van der Waals surface area contributed by atoms with Crippen molar-refractivity contribution in [2.24, 2.45) is 16.9 Å². The van der Waals surface area contributed by atoms with Gasteiger partial charge in [0.15, 0.2) is 0 Å². The summed E-state index contributed by atoms with van der Waals surface area (Å²) < 4.78 is 24.6. The second-order valence-corrected chi connectivity index (χ2v) is 7.22. The van der Waals surface area contributed by atoms with E-state index in [2.05, 4.69) is 28.2 Å². The zero-order valence-electron chi connectivity index (χ0n) is 12.3. The van der Waals surface area contributed by atoms with Crippen LogP contribution in [0.15, 0.2) is 70.7 Å². The van der Waals surface area contributed by atoms with Crippen molar-refractivity contribution in [3.8, 4) is 0 Å².